The number of phenolic OH excluding ortho intramolecular Hbond substituents is 1. The molecule has 1 aromatic carbocycles. The fraction of sp³-hybridized carbons (Fsp3) is 0.500. The number of hydrogen-bond acceptors (Lipinski definition) is 4. The van der Waals surface area contributed by atoms with Gasteiger partial charge < -0.3 is 5.11 Å². The first kappa shape index (κ1) is 13.3. The van der Waals surface area contributed by atoms with Gasteiger partial charge >= 0.3 is 0 Å². The van der Waals surface area contributed by atoms with Crippen LogP contribution in [0.1, 0.15) is 12.0 Å². The van der Waals surface area contributed by atoms with Crippen LogP contribution < -0.4 is 0 Å². The average Bonchev–Trinajstić information content (AvgIpc) is 2.46. The van der Waals surface area contributed by atoms with Crippen LogP contribution in [0.4, 0.5) is 4.39 Å². The Kier molecular flexibility index (Phi) is 3.87. The van der Waals surface area contributed by atoms with Gasteiger partial charge in [0, 0.05) is 13.1 Å². The fourth-order valence-electron chi connectivity index (χ4n) is 2.06. The van der Waals surface area contributed by atoms with Crippen molar-refractivity contribution < 1.29 is 17.9 Å². The molecule has 1 aliphatic rings. The van der Waals surface area contributed by atoms with E-state index in [1.807, 2.05) is 4.90 Å². The Morgan fingerprint density at radius 1 is 1.28 bits per heavy atom. The lowest BCUT2D eigenvalue weighted by Crippen LogP contribution is -2.26. The second kappa shape index (κ2) is 5.24. The van der Waals surface area contributed by atoms with Gasteiger partial charge in [-0.1, -0.05) is 6.07 Å². The van der Waals surface area contributed by atoms with Gasteiger partial charge in [0.2, 0.25) is 0 Å². The van der Waals surface area contributed by atoms with E-state index in [1.165, 1.54) is 12.1 Å². The quantitative estimate of drug-likeness (QED) is 0.878. The maximum Gasteiger partial charge on any atom is 0.165 e. The highest BCUT2D eigenvalue weighted by atomic mass is 32.2. The van der Waals surface area contributed by atoms with E-state index in [4.69, 9.17) is 5.11 Å². The molecule has 1 aromatic rings. The smallest absolute Gasteiger partial charge is 0.165 e. The van der Waals surface area contributed by atoms with Crippen LogP contribution in [0.25, 0.3) is 0 Å². The lowest BCUT2D eigenvalue weighted by atomic mass is 10.2. The highest BCUT2D eigenvalue weighted by Crippen LogP contribution is 2.18. The molecule has 1 aliphatic heterocycles. The van der Waals surface area contributed by atoms with E-state index in [-0.39, 0.29) is 17.3 Å². The molecule has 1 heterocycles. The highest BCUT2D eigenvalue weighted by molar-refractivity contribution is 7.91. The van der Waals surface area contributed by atoms with Crippen LogP contribution in [0, 0.1) is 5.82 Å². The Morgan fingerprint density at radius 3 is 2.78 bits per heavy atom. The molecule has 2 rings (SSSR count). The van der Waals surface area contributed by atoms with Crippen molar-refractivity contribution in [3.05, 3.63) is 29.6 Å². The molecule has 0 aliphatic carbocycles. The minimum absolute atomic E-state index is 0.160. The van der Waals surface area contributed by atoms with E-state index < -0.39 is 15.7 Å². The number of hydrogen-bond donors (Lipinski definition) is 1. The van der Waals surface area contributed by atoms with Crippen molar-refractivity contribution in [1.82, 2.24) is 4.90 Å². The Morgan fingerprint density at radius 2 is 2.06 bits per heavy atom. The summed E-state index contributed by atoms with van der Waals surface area (Å²) in [4.78, 5) is 2.00. The Bertz CT molecular complexity index is 530. The molecule has 1 N–H and O–H groups in total. The van der Waals surface area contributed by atoms with Gasteiger partial charge in [-0.25, -0.2) is 12.8 Å². The molecule has 4 nitrogen and oxygen atoms in total. The number of nitrogens with zero attached hydrogens (tertiary/aromatic N) is 1. The second-order valence-electron chi connectivity index (χ2n) is 4.57. The maximum atomic E-state index is 13.2. The first-order valence-corrected chi connectivity index (χ1v) is 7.68. The molecule has 0 spiro atoms. The van der Waals surface area contributed by atoms with Gasteiger partial charge in [-0.15, -0.1) is 0 Å². The lowest BCUT2D eigenvalue weighted by Gasteiger charge is -2.19. The van der Waals surface area contributed by atoms with Crippen LogP contribution in [0.5, 0.6) is 5.75 Å². The molecular weight excluding hydrogens is 257 g/mol. The summed E-state index contributed by atoms with van der Waals surface area (Å²) >= 11 is 0. The van der Waals surface area contributed by atoms with Gasteiger partial charge in [-0.05, 0) is 30.7 Å². The summed E-state index contributed by atoms with van der Waals surface area (Å²) in [6, 6.07) is 4.26. The van der Waals surface area contributed by atoms with Crippen LogP contribution in [0.2, 0.25) is 0 Å². The summed E-state index contributed by atoms with van der Waals surface area (Å²) in [7, 11) is -2.92. The maximum absolute atomic E-state index is 13.2. The molecule has 0 aromatic heterocycles. The molecule has 0 unspecified atom stereocenters. The van der Waals surface area contributed by atoms with Crippen LogP contribution in [-0.4, -0.2) is 43.0 Å². The molecule has 0 bridgehead atoms. The Labute approximate surface area is 106 Å². The van der Waals surface area contributed by atoms with Crippen molar-refractivity contribution in [3.8, 4) is 5.75 Å². The van der Waals surface area contributed by atoms with Crippen LogP contribution in [0.15, 0.2) is 18.2 Å². The van der Waals surface area contributed by atoms with E-state index in [0.29, 0.717) is 26.1 Å². The largest absolute Gasteiger partial charge is 0.505 e. The zero-order chi connectivity index (χ0) is 13.2. The molecule has 100 valence electrons. The Hall–Kier alpha value is -1.14. The first-order chi connectivity index (χ1) is 8.46. The SMILES string of the molecule is O=S1(=O)CCCN(Cc2ccc(O)c(F)c2)CC1. The first-order valence-electron chi connectivity index (χ1n) is 5.86. The molecule has 0 atom stereocenters. The molecule has 1 fully saturated rings. The normalized spacial score (nSPS) is 20.5. The predicted octanol–water partition coefficient (Wildman–Crippen LogP) is 1.15. The number of benzene rings is 1. The van der Waals surface area contributed by atoms with Crippen molar-refractivity contribution >= 4 is 9.84 Å². The summed E-state index contributed by atoms with van der Waals surface area (Å²) in [5.41, 5.74) is 0.740. The fourth-order valence-corrected chi connectivity index (χ4v) is 3.36. The molecule has 6 heteroatoms. The molecule has 18 heavy (non-hydrogen) atoms. The van der Waals surface area contributed by atoms with E-state index in [0.717, 1.165) is 5.56 Å². The second-order valence-corrected chi connectivity index (χ2v) is 6.87. The van der Waals surface area contributed by atoms with Gasteiger partial charge in [-0.3, -0.25) is 4.90 Å². The summed E-state index contributed by atoms with van der Waals surface area (Å²) in [6.07, 6.45) is 0.614. The third-order valence-corrected chi connectivity index (χ3v) is 4.78. The molecule has 1 saturated heterocycles. The van der Waals surface area contributed by atoms with Crippen LogP contribution in [-0.2, 0) is 16.4 Å². The van der Waals surface area contributed by atoms with E-state index in [2.05, 4.69) is 0 Å². The van der Waals surface area contributed by atoms with Crippen molar-refractivity contribution in [1.29, 1.82) is 0 Å². The lowest BCUT2D eigenvalue weighted by molar-refractivity contribution is 0.286. The third-order valence-electron chi connectivity index (χ3n) is 3.07. The summed E-state index contributed by atoms with van der Waals surface area (Å²) < 4.78 is 36.1. The van der Waals surface area contributed by atoms with Gasteiger partial charge in [-0.2, -0.15) is 0 Å². The number of aromatic hydroxyl groups is 1. The number of rotatable bonds is 2. The van der Waals surface area contributed by atoms with Crippen molar-refractivity contribution in [2.45, 2.75) is 13.0 Å². The third kappa shape index (κ3) is 3.43. The number of sulfone groups is 1. The zero-order valence-corrected chi connectivity index (χ0v) is 10.8. The minimum Gasteiger partial charge on any atom is -0.505 e. The highest BCUT2D eigenvalue weighted by Gasteiger charge is 2.19. The predicted molar refractivity (Wildman–Crippen MR) is 66.6 cm³/mol. The van der Waals surface area contributed by atoms with Crippen molar-refractivity contribution in [2.75, 3.05) is 24.6 Å². The molecular formula is C12H16FNO3S. The van der Waals surface area contributed by atoms with Gasteiger partial charge in [0.15, 0.2) is 21.4 Å². The van der Waals surface area contributed by atoms with Gasteiger partial charge in [0.25, 0.3) is 0 Å². The molecule has 0 radical (unpaired) electrons. The monoisotopic (exact) mass is 273 g/mol. The minimum atomic E-state index is -2.92. The van der Waals surface area contributed by atoms with Crippen LogP contribution >= 0.6 is 0 Å². The van der Waals surface area contributed by atoms with Gasteiger partial charge in [0.05, 0.1) is 11.5 Å². The van der Waals surface area contributed by atoms with Crippen LogP contribution in [0.3, 0.4) is 0 Å². The van der Waals surface area contributed by atoms with E-state index in [9.17, 15) is 12.8 Å². The van der Waals surface area contributed by atoms with Gasteiger partial charge in [0.1, 0.15) is 0 Å². The average molecular weight is 273 g/mol. The van der Waals surface area contributed by atoms with Crippen molar-refractivity contribution in [3.63, 3.8) is 0 Å². The standard InChI is InChI=1S/C12H16FNO3S/c13-11-8-10(2-3-12(11)15)9-14-4-1-6-18(16,17)7-5-14/h2-3,8,15H,1,4-7,9H2. The summed E-state index contributed by atoms with van der Waals surface area (Å²) in [5.74, 6) is -0.617. The van der Waals surface area contributed by atoms with E-state index in [1.54, 1.807) is 6.07 Å². The summed E-state index contributed by atoms with van der Waals surface area (Å²) in [6.45, 7) is 1.68. The number of phenols is 1. The number of halogens is 1. The summed E-state index contributed by atoms with van der Waals surface area (Å²) in [5, 5.41) is 9.10. The van der Waals surface area contributed by atoms with E-state index >= 15 is 0 Å². The molecule has 0 saturated carbocycles. The Balaban J connectivity index is 2.03. The molecule has 0 amide bonds. The zero-order valence-electron chi connectivity index (χ0n) is 9.97. The topological polar surface area (TPSA) is 57.6 Å². The van der Waals surface area contributed by atoms with Crippen molar-refractivity contribution in [2.24, 2.45) is 0 Å².